The summed E-state index contributed by atoms with van der Waals surface area (Å²) in [7, 11) is 0. The highest BCUT2D eigenvalue weighted by Gasteiger charge is 2.23. The minimum atomic E-state index is -0.402. The highest BCUT2D eigenvalue weighted by molar-refractivity contribution is 6.06. The third-order valence-corrected chi connectivity index (χ3v) is 6.19. The number of aromatic amines is 1. The molecule has 2 aromatic carbocycles. The van der Waals surface area contributed by atoms with E-state index >= 15 is 0 Å². The minimum Gasteiger partial charge on any atom is -0.359 e. The summed E-state index contributed by atoms with van der Waals surface area (Å²) in [4.78, 5) is 43.9. The van der Waals surface area contributed by atoms with E-state index in [0.717, 1.165) is 38.2 Å². The Morgan fingerprint density at radius 2 is 1.74 bits per heavy atom. The van der Waals surface area contributed by atoms with E-state index < -0.39 is 6.03 Å². The Kier molecular flexibility index (Phi) is 6.40. The first-order valence-corrected chi connectivity index (χ1v) is 11.7. The molecule has 3 amide bonds. The molecule has 1 aliphatic heterocycles. The molecule has 4 aromatic rings. The van der Waals surface area contributed by atoms with Gasteiger partial charge in [0.25, 0.3) is 5.91 Å². The number of rotatable bonds is 5. The molecule has 0 bridgehead atoms. The van der Waals surface area contributed by atoms with Crippen LogP contribution in [0.3, 0.4) is 0 Å². The van der Waals surface area contributed by atoms with Crippen LogP contribution in [0, 0.1) is 0 Å². The largest absolute Gasteiger partial charge is 0.359 e. The number of fused-ring (bicyclic) bond motifs is 1. The normalized spacial score (nSPS) is 14.1. The number of anilines is 3. The predicted molar refractivity (Wildman–Crippen MR) is 136 cm³/mol. The van der Waals surface area contributed by atoms with Gasteiger partial charge in [-0.15, -0.1) is 0 Å². The van der Waals surface area contributed by atoms with E-state index in [1.807, 2.05) is 41.3 Å². The molecule has 2 N–H and O–H groups in total. The molecule has 0 spiro atoms. The van der Waals surface area contributed by atoms with Crippen LogP contribution in [0.2, 0.25) is 0 Å². The summed E-state index contributed by atoms with van der Waals surface area (Å²) in [5, 5.41) is 2.91. The molecule has 178 valence electrons. The summed E-state index contributed by atoms with van der Waals surface area (Å²) in [6.07, 6.45) is 3.43. The molecule has 35 heavy (non-hydrogen) atoms. The van der Waals surface area contributed by atoms with E-state index in [4.69, 9.17) is 0 Å². The number of aromatic nitrogens is 3. The topological polar surface area (TPSA) is 97.5 Å². The number of hydrogen-bond acceptors (Lipinski definition) is 5. The van der Waals surface area contributed by atoms with E-state index in [0.29, 0.717) is 22.5 Å². The molecule has 0 unspecified atom stereocenters. The molecule has 1 saturated heterocycles. The molecule has 0 aliphatic carbocycles. The summed E-state index contributed by atoms with van der Waals surface area (Å²) in [5.74, 6) is 0.275. The van der Waals surface area contributed by atoms with Crippen LogP contribution in [-0.4, -0.2) is 69.4 Å². The molecule has 3 heterocycles. The first-order valence-electron chi connectivity index (χ1n) is 11.7. The van der Waals surface area contributed by atoms with Gasteiger partial charge in [-0.25, -0.2) is 19.7 Å². The van der Waals surface area contributed by atoms with Gasteiger partial charge in [0.2, 0.25) is 5.95 Å². The van der Waals surface area contributed by atoms with Gasteiger partial charge in [0.15, 0.2) is 0 Å². The Morgan fingerprint density at radius 3 is 2.46 bits per heavy atom. The van der Waals surface area contributed by atoms with Gasteiger partial charge in [-0.2, -0.15) is 0 Å². The number of amides is 3. The maximum Gasteiger partial charge on any atom is 0.333 e. The number of H-pyrrole nitrogens is 1. The maximum absolute atomic E-state index is 13.4. The highest BCUT2D eigenvalue weighted by Crippen LogP contribution is 2.25. The van der Waals surface area contributed by atoms with E-state index in [-0.39, 0.29) is 11.9 Å². The standard InChI is InChI=1S/C26H27N7O2/c1-2-31-14-16-32(17-15-31)24(34)19-8-10-20(11-9-19)29-26(35)33(21-6-4-3-5-7-21)25-28-18-23-22(30-25)12-13-27-23/h3-13,18,27H,2,14-17H2,1H3,(H,29,35). The van der Waals surface area contributed by atoms with Gasteiger partial charge in [0, 0.05) is 43.6 Å². The highest BCUT2D eigenvalue weighted by atomic mass is 16.2. The van der Waals surface area contributed by atoms with Gasteiger partial charge in [0.1, 0.15) is 0 Å². The zero-order valence-electron chi connectivity index (χ0n) is 19.5. The number of para-hydroxylation sites is 1. The molecule has 9 nitrogen and oxygen atoms in total. The van der Waals surface area contributed by atoms with E-state index in [9.17, 15) is 9.59 Å². The first kappa shape index (κ1) is 22.5. The molecule has 9 heteroatoms. The van der Waals surface area contributed by atoms with Crippen molar-refractivity contribution in [1.29, 1.82) is 0 Å². The minimum absolute atomic E-state index is 0.0118. The molecule has 0 atom stereocenters. The van der Waals surface area contributed by atoms with Crippen LogP contribution in [0.25, 0.3) is 11.0 Å². The Morgan fingerprint density at radius 1 is 1.00 bits per heavy atom. The van der Waals surface area contributed by atoms with E-state index in [1.165, 1.54) is 4.90 Å². The van der Waals surface area contributed by atoms with Crippen LogP contribution in [0.1, 0.15) is 17.3 Å². The second kappa shape index (κ2) is 9.94. The smallest absolute Gasteiger partial charge is 0.333 e. The van der Waals surface area contributed by atoms with Crippen molar-refractivity contribution >= 4 is 40.3 Å². The van der Waals surface area contributed by atoms with Crippen LogP contribution in [0.15, 0.2) is 73.1 Å². The second-order valence-corrected chi connectivity index (χ2v) is 8.35. The lowest BCUT2D eigenvalue weighted by Gasteiger charge is -2.34. The molecule has 2 aromatic heterocycles. The number of carbonyl (C=O) groups excluding carboxylic acids is 2. The van der Waals surface area contributed by atoms with Crippen molar-refractivity contribution in [3.05, 3.63) is 78.6 Å². The van der Waals surface area contributed by atoms with Crippen molar-refractivity contribution in [1.82, 2.24) is 24.8 Å². The van der Waals surface area contributed by atoms with Crippen LogP contribution < -0.4 is 10.2 Å². The first-order chi connectivity index (χ1) is 17.1. The number of urea groups is 1. The number of benzene rings is 2. The average molecular weight is 470 g/mol. The number of hydrogen-bond donors (Lipinski definition) is 2. The average Bonchev–Trinajstić information content (AvgIpc) is 3.38. The predicted octanol–water partition coefficient (Wildman–Crippen LogP) is 4.11. The van der Waals surface area contributed by atoms with Crippen molar-refractivity contribution in [2.75, 3.05) is 42.9 Å². The zero-order chi connectivity index (χ0) is 24.2. The molecular weight excluding hydrogens is 442 g/mol. The fourth-order valence-corrected chi connectivity index (χ4v) is 4.17. The molecule has 0 radical (unpaired) electrons. The summed E-state index contributed by atoms with van der Waals surface area (Å²) >= 11 is 0. The van der Waals surface area contributed by atoms with Crippen LogP contribution in [0.4, 0.5) is 22.1 Å². The van der Waals surface area contributed by atoms with Gasteiger partial charge in [-0.05, 0) is 49.0 Å². The quantitative estimate of drug-likeness (QED) is 0.459. The van der Waals surface area contributed by atoms with Gasteiger partial charge in [0.05, 0.1) is 22.9 Å². The fourth-order valence-electron chi connectivity index (χ4n) is 4.17. The van der Waals surface area contributed by atoms with Crippen LogP contribution in [0.5, 0.6) is 0 Å². The van der Waals surface area contributed by atoms with Crippen molar-refractivity contribution in [3.63, 3.8) is 0 Å². The van der Waals surface area contributed by atoms with Gasteiger partial charge in [-0.3, -0.25) is 4.79 Å². The number of carbonyl (C=O) groups is 2. The van der Waals surface area contributed by atoms with Crippen molar-refractivity contribution in [2.45, 2.75) is 6.92 Å². The van der Waals surface area contributed by atoms with Crippen molar-refractivity contribution in [3.8, 4) is 0 Å². The summed E-state index contributed by atoms with van der Waals surface area (Å²) < 4.78 is 0. The van der Waals surface area contributed by atoms with Crippen LogP contribution >= 0.6 is 0 Å². The zero-order valence-corrected chi connectivity index (χ0v) is 19.5. The van der Waals surface area contributed by atoms with Crippen molar-refractivity contribution in [2.24, 2.45) is 0 Å². The number of piperazine rings is 1. The lowest BCUT2D eigenvalue weighted by Crippen LogP contribution is -2.48. The third-order valence-electron chi connectivity index (χ3n) is 6.19. The fraction of sp³-hybridized carbons (Fsp3) is 0.231. The SMILES string of the molecule is CCN1CCN(C(=O)c2ccc(NC(=O)N(c3ccccc3)c3ncc4[nH]ccc4n3)cc2)CC1. The Labute approximate surface area is 203 Å². The van der Waals surface area contributed by atoms with Gasteiger partial charge in [-0.1, -0.05) is 25.1 Å². The van der Waals surface area contributed by atoms with Gasteiger partial charge >= 0.3 is 6.03 Å². The monoisotopic (exact) mass is 469 g/mol. The summed E-state index contributed by atoms with van der Waals surface area (Å²) in [6.45, 7) is 6.37. The second-order valence-electron chi connectivity index (χ2n) is 8.35. The Balaban J connectivity index is 1.33. The molecule has 5 rings (SSSR count). The number of nitrogens with one attached hydrogen (secondary N) is 2. The van der Waals surface area contributed by atoms with Crippen LogP contribution in [-0.2, 0) is 0 Å². The molecule has 0 saturated carbocycles. The van der Waals surface area contributed by atoms with Gasteiger partial charge < -0.3 is 20.1 Å². The van der Waals surface area contributed by atoms with Crippen molar-refractivity contribution < 1.29 is 9.59 Å². The summed E-state index contributed by atoms with van der Waals surface area (Å²) in [6, 6.07) is 17.6. The van der Waals surface area contributed by atoms with E-state index in [1.54, 1.807) is 36.7 Å². The Bertz CT molecular complexity index is 1310. The summed E-state index contributed by atoms with van der Waals surface area (Å²) in [5.41, 5.74) is 3.32. The Hall–Kier alpha value is -4.24. The molecule has 1 fully saturated rings. The number of nitrogens with zero attached hydrogens (tertiary/aromatic N) is 5. The number of likely N-dealkylation sites (N-methyl/N-ethyl adjacent to an activating group) is 1. The maximum atomic E-state index is 13.4. The lowest BCUT2D eigenvalue weighted by atomic mass is 10.1. The van der Waals surface area contributed by atoms with E-state index in [2.05, 4.69) is 32.1 Å². The molecule has 1 aliphatic rings. The lowest BCUT2D eigenvalue weighted by molar-refractivity contribution is 0.0643. The third kappa shape index (κ3) is 4.85. The molecular formula is C26H27N7O2.